The van der Waals surface area contributed by atoms with Crippen molar-refractivity contribution in [2.75, 3.05) is 13.1 Å². The molecule has 0 spiro atoms. The van der Waals surface area contributed by atoms with E-state index in [-0.39, 0.29) is 5.91 Å². The van der Waals surface area contributed by atoms with E-state index in [2.05, 4.69) is 22.9 Å². The van der Waals surface area contributed by atoms with Crippen LogP contribution in [0.4, 0.5) is 0 Å². The van der Waals surface area contributed by atoms with E-state index >= 15 is 0 Å². The Morgan fingerprint density at radius 1 is 1.44 bits per heavy atom. The number of carbonyl (C=O) groups is 1. The molecule has 1 heterocycles. The van der Waals surface area contributed by atoms with E-state index in [0.717, 1.165) is 36.3 Å². The molecule has 98 valence electrons. The Bertz CT molecular complexity index is 441. The van der Waals surface area contributed by atoms with Crippen LogP contribution < -0.4 is 0 Å². The van der Waals surface area contributed by atoms with E-state index in [1.165, 1.54) is 6.42 Å². The summed E-state index contributed by atoms with van der Waals surface area (Å²) in [6.45, 7) is 3.91. The molecule has 1 amide bonds. The Kier molecular flexibility index (Phi) is 4.68. The number of hydrogen-bond acceptors (Lipinski definition) is 1. The van der Waals surface area contributed by atoms with E-state index in [1.54, 1.807) is 12.1 Å². The van der Waals surface area contributed by atoms with Crippen molar-refractivity contribution in [3.63, 3.8) is 0 Å². The molecule has 0 aromatic heterocycles. The number of rotatable bonds is 2. The van der Waals surface area contributed by atoms with Crippen LogP contribution in [0.3, 0.4) is 0 Å². The maximum absolute atomic E-state index is 12.4. The van der Waals surface area contributed by atoms with Gasteiger partial charge in [0.05, 0.1) is 10.6 Å². The van der Waals surface area contributed by atoms with Gasteiger partial charge in [0.2, 0.25) is 0 Å². The number of benzene rings is 1. The predicted molar refractivity (Wildman–Crippen MR) is 78.1 cm³/mol. The van der Waals surface area contributed by atoms with Crippen LogP contribution in [0.5, 0.6) is 0 Å². The summed E-state index contributed by atoms with van der Waals surface area (Å²) in [4.78, 5) is 14.3. The van der Waals surface area contributed by atoms with Crippen molar-refractivity contribution >= 4 is 33.4 Å². The third-order valence-electron chi connectivity index (χ3n) is 3.64. The fourth-order valence-electron chi connectivity index (χ4n) is 2.38. The molecule has 0 atom stereocenters. The lowest BCUT2D eigenvalue weighted by molar-refractivity contribution is 0.0689. The maximum Gasteiger partial charge on any atom is 0.255 e. The van der Waals surface area contributed by atoms with Crippen LogP contribution in [-0.2, 0) is 0 Å². The molecule has 0 bridgehead atoms. The molecule has 1 aromatic rings. The predicted octanol–water partition coefficient (Wildman–Crippen LogP) is 4.36. The molecule has 1 saturated heterocycles. The van der Waals surface area contributed by atoms with Crippen molar-refractivity contribution in [1.29, 1.82) is 0 Å². The van der Waals surface area contributed by atoms with Crippen LogP contribution in [0.1, 0.15) is 36.5 Å². The molecule has 1 fully saturated rings. The molecule has 18 heavy (non-hydrogen) atoms. The van der Waals surface area contributed by atoms with E-state index in [1.807, 2.05) is 11.0 Å². The number of carbonyl (C=O) groups excluding carboxylic acids is 1. The van der Waals surface area contributed by atoms with Crippen LogP contribution in [0.15, 0.2) is 22.7 Å². The summed E-state index contributed by atoms with van der Waals surface area (Å²) >= 11 is 9.48. The van der Waals surface area contributed by atoms with Gasteiger partial charge in [0.15, 0.2) is 0 Å². The van der Waals surface area contributed by atoms with Crippen molar-refractivity contribution < 1.29 is 4.79 Å². The van der Waals surface area contributed by atoms with E-state index in [4.69, 9.17) is 11.6 Å². The van der Waals surface area contributed by atoms with Crippen molar-refractivity contribution in [3.05, 3.63) is 33.3 Å². The first kappa shape index (κ1) is 13.9. The minimum atomic E-state index is 0.0517. The lowest BCUT2D eigenvalue weighted by Gasteiger charge is -2.31. The summed E-state index contributed by atoms with van der Waals surface area (Å²) in [5.74, 6) is 0.822. The maximum atomic E-state index is 12.4. The summed E-state index contributed by atoms with van der Waals surface area (Å²) in [6, 6.07) is 5.41. The summed E-state index contributed by atoms with van der Waals surface area (Å²) in [6.07, 6.45) is 3.42. The smallest absolute Gasteiger partial charge is 0.255 e. The molecule has 0 N–H and O–H groups in total. The zero-order valence-corrected chi connectivity index (χ0v) is 12.8. The van der Waals surface area contributed by atoms with Gasteiger partial charge in [-0.15, -0.1) is 0 Å². The van der Waals surface area contributed by atoms with Crippen LogP contribution >= 0.6 is 27.5 Å². The van der Waals surface area contributed by atoms with Gasteiger partial charge in [-0.1, -0.05) is 40.9 Å². The standard InChI is InChI=1S/C14H17BrClNO/c1-2-10-5-7-17(8-6-10)14(18)12-9-11(15)3-4-13(12)16/h3-4,9-10H,2,5-8H2,1H3. The van der Waals surface area contributed by atoms with Gasteiger partial charge in [-0.3, -0.25) is 4.79 Å². The molecule has 2 rings (SSSR count). The Morgan fingerprint density at radius 3 is 2.72 bits per heavy atom. The highest BCUT2D eigenvalue weighted by Crippen LogP contribution is 2.25. The van der Waals surface area contributed by atoms with Crippen LogP contribution in [0.25, 0.3) is 0 Å². The average Bonchev–Trinajstić information content (AvgIpc) is 2.41. The number of halogens is 2. The first-order chi connectivity index (χ1) is 8.61. The number of hydrogen-bond donors (Lipinski definition) is 0. The van der Waals surface area contributed by atoms with Crippen molar-refractivity contribution in [2.45, 2.75) is 26.2 Å². The van der Waals surface area contributed by atoms with E-state index in [9.17, 15) is 4.79 Å². The lowest BCUT2D eigenvalue weighted by atomic mass is 9.94. The van der Waals surface area contributed by atoms with Crippen LogP contribution in [0.2, 0.25) is 5.02 Å². The summed E-state index contributed by atoms with van der Waals surface area (Å²) in [5.41, 5.74) is 0.598. The van der Waals surface area contributed by atoms with Gasteiger partial charge in [0.1, 0.15) is 0 Å². The van der Waals surface area contributed by atoms with Gasteiger partial charge < -0.3 is 4.90 Å². The monoisotopic (exact) mass is 329 g/mol. The summed E-state index contributed by atoms with van der Waals surface area (Å²) < 4.78 is 0.888. The summed E-state index contributed by atoms with van der Waals surface area (Å²) in [5, 5.41) is 0.529. The SMILES string of the molecule is CCC1CCN(C(=O)c2cc(Br)ccc2Cl)CC1. The van der Waals surface area contributed by atoms with Crippen molar-refractivity contribution in [2.24, 2.45) is 5.92 Å². The zero-order valence-electron chi connectivity index (χ0n) is 10.5. The number of piperidine rings is 1. The highest BCUT2D eigenvalue weighted by molar-refractivity contribution is 9.10. The average molecular weight is 331 g/mol. The molecule has 0 unspecified atom stereocenters. The fourth-order valence-corrected chi connectivity index (χ4v) is 2.94. The van der Waals surface area contributed by atoms with Crippen LogP contribution in [0, 0.1) is 5.92 Å². The van der Waals surface area contributed by atoms with E-state index < -0.39 is 0 Å². The van der Waals surface area contributed by atoms with Gasteiger partial charge in [-0.2, -0.15) is 0 Å². The molecular weight excluding hydrogens is 314 g/mol. The normalized spacial score (nSPS) is 16.9. The number of nitrogens with zero attached hydrogens (tertiary/aromatic N) is 1. The summed E-state index contributed by atoms with van der Waals surface area (Å²) in [7, 11) is 0. The molecule has 2 nitrogen and oxygen atoms in total. The molecule has 1 aliphatic heterocycles. The molecule has 1 aliphatic rings. The molecule has 0 aliphatic carbocycles. The van der Waals surface area contributed by atoms with Gasteiger partial charge in [0.25, 0.3) is 5.91 Å². The third-order valence-corrected chi connectivity index (χ3v) is 4.46. The first-order valence-electron chi connectivity index (χ1n) is 6.36. The Balaban J connectivity index is 2.10. The highest BCUT2D eigenvalue weighted by atomic mass is 79.9. The molecular formula is C14H17BrClNO. The molecule has 0 radical (unpaired) electrons. The second kappa shape index (κ2) is 6.07. The third kappa shape index (κ3) is 3.07. The minimum Gasteiger partial charge on any atom is -0.339 e. The fraction of sp³-hybridized carbons (Fsp3) is 0.500. The van der Waals surface area contributed by atoms with Crippen molar-refractivity contribution in [3.8, 4) is 0 Å². The molecule has 0 saturated carbocycles. The topological polar surface area (TPSA) is 20.3 Å². The highest BCUT2D eigenvalue weighted by Gasteiger charge is 2.24. The molecule has 1 aromatic carbocycles. The largest absolute Gasteiger partial charge is 0.339 e. The van der Waals surface area contributed by atoms with E-state index in [0.29, 0.717) is 10.6 Å². The second-order valence-corrected chi connectivity index (χ2v) is 6.09. The first-order valence-corrected chi connectivity index (χ1v) is 7.53. The number of likely N-dealkylation sites (tertiary alicyclic amines) is 1. The Labute approximate surface area is 121 Å². The molecule has 4 heteroatoms. The Morgan fingerprint density at radius 2 is 2.11 bits per heavy atom. The quantitative estimate of drug-likeness (QED) is 0.788. The van der Waals surface area contributed by atoms with Crippen molar-refractivity contribution in [1.82, 2.24) is 4.90 Å². The van der Waals surface area contributed by atoms with Gasteiger partial charge >= 0.3 is 0 Å². The van der Waals surface area contributed by atoms with Gasteiger partial charge in [0, 0.05) is 17.6 Å². The minimum absolute atomic E-state index is 0.0517. The second-order valence-electron chi connectivity index (χ2n) is 4.77. The van der Waals surface area contributed by atoms with Gasteiger partial charge in [-0.25, -0.2) is 0 Å². The Hall–Kier alpha value is -0.540. The number of amides is 1. The van der Waals surface area contributed by atoms with Crippen LogP contribution in [-0.4, -0.2) is 23.9 Å². The zero-order chi connectivity index (χ0) is 13.1. The van der Waals surface area contributed by atoms with Gasteiger partial charge in [-0.05, 0) is 37.0 Å². The lowest BCUT2D eigenvalue weighted by Crippen LogP contribution is -2.38.